The number of nitriles is 1. The van der Waals surface area contributed by atoms with Gasteiger partial charge in [-0.3, -0.25) is 4.79 Å². The molecule has 0 aliphatic carbocycles. The molecule has 2 N–H and O–H groups in total. The number of esters is 1. The molecule has 6 heteroatoms. The highest BCUT2D eigenvalue weighted by Gasteiger charge is 2.26. The van der Waals surface area contributed by atoms with E-state index in [2.05, 4.69) is 4.74 Å². The maximum Gasteiger partial charge on any atom is 0.327 e. The number of hydrogen-bond donors (Lipinski definition) is 2. The molecule has 0 fully saturated rings. The predicted molar refractivity (Wildman–Crippen MR) is 52.6 cm³/mol. The summed E-state index contributed by atoms with van der Waals surface area (Å²) < 4.78 is 4.44. The van der Waals surface area contributed by atoms with Crippen molar-refractivity contribution >= 4 is 11.7 Å². The van der Waals surface area contributed by atoms with Gasteiger partial charge in [-0.1, -0.05) is 18.2 Å². The summed E-state index contributed by atoms with van der Waals surface area (Å²) in [5.74, 6) is -1.98. The molecule has 0 amide bonds. The van der Waals surface area contributed by atoms with Gasteiger partial charge in [0.05, 0.1) is 13.2 Å². The first-order chi connectivity index (χ1) is 7.61. The van der Waals surface area contributed by atoms with Gasteiger partial charge in [0.25, 0.3) is 0 Å². The minimum absolute atomic E-state index is 0.0700. The third-order valence-corrected chi connectivity index (χ3v) is 2.07. The molecule has 0 bridgehead atoms. The number of carbonyl (C=O) groups is 1. The largest absolute Gasteiger partial charge is 0.595 e. The van der Waals surface area contributed by atoms with Gasteiger partial charge in [-0.05, 0) is 0 Å². The second-order valence-electron chi connectivity index (χ2n) is 2.98. The Hall–Kier alpha value is -1.94. The first-order valence-corrected chi connectivity index (χ1v) is 4.41. The molecule has 6 nitrogen and oxygen atoms in total. The zero-order valence-electron chi connectivity index (χ0n) is 8.51. The lowest BCUT2D eigenvalue weighted by Gasteiger charge is -2.16. The van der Waals surface area contributed by atoms with Crippen LogP contribution in [0, 0.1) is 16.5 Å². The van der Waals surface area contributed by atoms with E-state index in [0.29, 0.717) is 0 Å². The number of quaternary nitrogens is 1. The lowest BCUT2D eigenvalue weighted by molar-refractivity contribution is -0.991. The number of para-hydroxylation sites is 1. The fourth-order valence-corrected chi connectivity index (χ4v) is 1.31. The molecule has 1 aromatic rings. The fraction of sp³-hybridized carbons (Fsp3) is 0.200. The van der Waals surface area contributed by atoms with E-state index >= 15 is 0 Å². The van der Waals surface area contributed by atoms with E-state index in [1.807, 2.05) is 0 Å². The summed E-state index contributed by atoms with van der Waals surface area (Å²) in [7, 11) is 1.15. The van der Waals surface area contributed by atoms with E-state index in [0.717, 1.165) is 7.11 Å². The van der Waals surface area contributed by atoms with Gasteiger partial charge in [-0.15, -0.1) is 0 Å². The van der Waals surface area contributed by atoms with Crippen LogP contribution in [-0.4, -0.2) is 18.3 Å². The van der Waals surface area contributed by atoms with Crippen molar-refractivity contribution in [2.45, 2.75) is 5.92 Å². The average molecular weight is 222 g/mol. The number of rotatable bonds is 3. The number of ether oxygens (including phenoxy) is 1. The zero-order valence-corrected chi connectivity index (χ0v) is 8.51. The van der Waals surface area contributed by atoms with Crippen LogP contribution in [0.15, 0.2) is 24.3 Å². The molecule has 16 heavy (non-hydrogen) atoms. The fourth-order valence-electron chi connectivity index (χ4n) is 1.31. The van der Waals surface area contributed by atoms with Crippen molar-refractivity contribution in [1.29, 1.82) is 5.26 Å². The van der Waals surface area contributed by atoms with E-state index < -0.39 is 17.1 Å². The van der Waals surface area contributed by atoms with Crippen LogP contribution >= 0.6 is 0 Å². The number of methoxy groups -OCH3 is 1. The Labute approximate surface area is 91.8 Å². The number of hydrogen-bond acceptors (Lipinski definition) is 5. The van der Waals surface area contributed by atoms with Crippen LogP contribution in [0.3, 0.4) is 0 Å². The highest BCUT2D eigenvalue weighted by atomic mass is 16.8. The van der Waals surface area contributed by atoms with Gasteiger partial charge in [0.2, 0.25) is 0 Å². The molecular formula is C10H10N2O4. The second kappa shape index (κ2) is 5.23. The van der Waals surface area contributed by atoms with E-state index in [4.69, 9.17) is 10.5 Å². The Bertz CT molecular complexity index is 425. The molecule has 0 saturated carbocycles. The number of benzene rings is 1. The van der Waals surface area contributed by atoms with Gasteiger partial charge in [-0.2, -0.15) is 10.5 Å². The number of nitrogens with one attached hydrogen (secondary N) is 1. The average Bonchev–Trinajstić information content (AvgIpc) is 2.30. The van der Waals surface area contributed by atoms with Crippen LogP contribution in [0.5, 0.6) is 0 Å². The molecule has 1 aromatic carbocycles. The third-order valence-electron chi connectivity index (χ3n) is 2.07. The van der Waals surface area contributed by atoms with Crippen LogP contribution in [0.4, 0.5) is 5.69 Å². The molecule has 1 rings (SSSR count). The van der Waals surface area contributed by atoms with Gasteiger partial charge < -0.3 is 9.94 Å². The van der Waals surface area contributed by atoms with Crippen molar-refractivity contribution in [3.8, 4) is 6.07 Å². The Balaban J connectivity index is 3.21. The van der Waals surface area contributed by atoms with Crippen molar-refractivity contribution in [3.05, 3.63) is 35.0 Å². The maximum atomic E-state index is 11.3. The predicted octanol–water partition coefficient (Wildman–Crippen LogP) is -0.130. The van der Waals surface area contributed by atoms with Crippen LogP contribution in [-0.2, 0) is 9.53 Å². The zero-order chi connectivity index (χ0) is 12.1. The summed E-state index contributed by atoms with van der Waals surface area (Å²) in [6.45, 7) is 0. The van der Waals surface area contributed by atoms with Crippen molar-refractivity contribution in [2.75, 3.05) is 7.11 Å². The van der Waals surface area contributed by atoms with Crippen LogP contribution < -0.4 is 5.23 Å². The molecule has 0 heterocycles. The third kappa shape index (κ3) is 2.35. The molecule has 0 radical (unpaired) electrons. The Kier molecular flexibility index (Phi) is 3.96. The lowest BCUT2D eigenvalue weighted by atomic mass is 9.99. The quantitative estimate of drug-likeness (QED) is 0.548. The van der Waals surface area contributed by atoms with Gasteiger partial charge in [-0.25, -0.2) is 5.21 Å². The van der Waals surface area contributed by atoms with Crippen molar-refractivity contribution in [3.63, 3.8) is 0 Å². The standard InChI is InChI=1S/C10H10N2O4/c1-16-10(13)8(6-11)7-4-2-3-5-9(7)12(14)15/h2-5,8,12,14H,1H3. The minimum Gasteiger partial charge on any atom is -0.595 e. The van der Waals surface area contributed by atoms with Gasteiger partial charge >= 0.3 is 5.97 Å². The Morgan fingerprint density at radius 2 is 2.25 bits per heavy atom. The van der Waals surface area contributed by atoms with Gasteiger partial charge in [0, 0.05) is 11.6 Å². The van der Waals surface area contributed by atoms with E-state index in [9.17, 15) is 10.0 Å². The summed E-state index contributed by atoms with van der Waals surface area (Å²) in [4.78, 5) is 11.3. The van der Waals surface area contributed by atoms with Crippen LogP contribution in [0.2, 0.25) is 0 Å². The summed E-state index contributed by atoms with van der Waals surface area (Å²) in [5, 5.41) is 27.5. The molecule has 84 valence electrons. The van der Waals surface area contributed by atoms with E-state index in [1.165, 1.54) is 18.2 Å². The van der Waals surface area contributed by atoms with Crippen LogP contribution in [0.25, 0.3) is 0 Å². The Morgan fingerprint density at radius 1 is 1.62 bits per heavy atom. The summed E-state index contributed by atoms with van der Waals surface area (Å²) in [6.07, 6.45) is 0. The first kappa shape index (κ1) is 12.1. The van der Waals surface area contributed by atoms with Crippen molar-refractivity contribution in [2.24, 2.45) is 0 Å². The minimum atomic E-state index is -1.21. The molecule has 2 unspecified atom stereocenters. The van der Waals surface area contributed by atoms with E-state index in [1.54, 1.807) is 12.1 Å². The molecule has 0 aliphatic heterocycles. The monoisotopic (exact) mass is 222 g/mol. The Morgan fingerprint density at radius 3 is 2.75 bits per heavy atom. The van der Waals surface area contributed by atoms with E-state index in [-0.39, 0.29) is 11.3 Å². The molecule has 0 spiro atoms. The second-order valence-corrected chi connectivity index (χ2v) is 2.98. The lowest BCUT2D eigenvalue weighted by Crippen LogP contribution is -2.99. The van der Waals surface area contributed by atoms with Gasteiger partial charge in [0.15, 0.2) is 11.6 Å². The normalized spacial score (nSPS) is 13.6. The highest BCUT2D eigenvalue weighted by Crippen LogP contribution is 2.22. The highest BCUT2D eigenvalue weighted by molar-refractivity contribution is 5.82. The SMILES string of the molecule is COC(=O)C(C#N)c1ccccc1[NH+]([O-])O. The number of nitrogens with zero attached hydrogens (tertiary/aromatic N) is 1. The van der Waals surface area contributed by atoms with Crippen molar-refractivity contribution < 1.29 is 20.0 Å². The smallest absolute Gasteiger partial charge is 0.327 e. The topological polar surface area (TPSA) is 97.8 Å². The van der Waals surface area contributed by atoms with Crippen molar-refractivity contribution in [1.82, 2.24) is 0 Å². The summed E-state index contributed by atoms with van der Waals surface area (Å²) in [6, 6.07) is 7.58. The maximum absolute atomic E-state index is 11.3. The molecule has 0 aromatic heterocycles. The first-order valence-electron chi connectivity index (χ1n) is 4.41. The van der Waals surface area contributed by atoms with Crippen LogP contribution in [0.1, 0.15) is 11.5 Å². The molecular weight excluding hydrogens is 212 g/mol. The summed E-state index contributed by atoms with van der Waals surface area (Å²) >= 11 is 0. The summed E-state index contributed by atoms with van der Waals surface area (Å²) in [5.41, 5.74) is 0.0730. The molecule has 0 saturated heterocycles. The van der Waals surface area contributed by atoms with Gasteiger partial charge in [0.1, 0.15) is 0 Å². The number of carbonyl (C=O) groups excluding carboxylic acids is 1. The molecule has 0 aliphatic rings. The molecule has 2 atom stereocenters.